The van der Waals surface area contributed by atoms with Gasteiger partial charge in [0.05, 0.1) is 0 Å². The Morgan fingerprint density at radius 3 is 2.89 bits per heavy atom. The van der Waals surface area contributed by atoms with Crippen molar-refractivity contribution in [3.05, 3.63) is 59.0 Å². The van der Waals surface area contributed by atoms with Gasteiger partial charge in [0.2, 0.25) is 0 Å². The zero-order valence-electron chi connectivity index (χ0n) is 10.5. The lowest BCUT2D eigenvalue weighted by molar-refractivity contribution is 1.25. The second-order valence-corrected chi connectivity index (χ2v) is 4.90. The summed E-state index contributed by atoms with van der Waals surface area (Å²) in [5.41, 5.74) is 2.10. The van der Waals surface area contributed by atoms with Gasteiger partial charge in [-0.25, -0.2) is 0 Å². The molecule has 0 saturated carbocycles. The Kier molecular flexibility index (Phi) is 3.01. The summed E-state index contributed by atoms with van der Waals surface area (Å²) >= 11 is 5.27. The van der Waals surface area contributed by atoms with Crippen LogP contribution in [0.4, 0.5) is 11.5 Å². The van der Waals surface area contributed by atoms with Crippen LogP contribution >= 0.6 is 12.2 Å². The molecule has 3 aromatic rings. The molecule has 0 aliphatic carbocycles. The maximum Gasteiger partial charge on any atom is 0.109 e. The molecule has 2 N–H and O–H groups in total. The number of H-pyrrole nitrogens is 1. The van der Waals surface area contributed by atoms with Crippen molar-refractivity contribution >= 4 is 34.5 Å². The molecule has 0 radical (unpaired) electrons. The lowest BCUT2D eigenvalue weighted by Gasteiger charge is -2.08. The van der Waals surface area contributed by atoms with E-state index < -0.39 is 0 Å². The monoisotopic (exact) mass is 267 g/mol. The van der Waals surface area contributed by atoms with Crippen molar-refractivity contribution in [3.8, 4) is 0 Å². The third kappa shape index (κ3) is 2.48. The Hall–Kier alpha value is -2.20. The number of aromatic nitrogens is 2. The number of hydrogen-bond acceptors (Lipinski definition) is 3. The SMILES string of the molecule is Cc1c[nH]c(Nc2ccc3cnccc3c2)cc1=S. The molecule has 0 unspecified atom stereocenters. The first-order chi connectivity index (χ1) is 9.22. The minimum atomic E-state index is 0.853. The number of nitrogens with one attached hydrogen (secondary N) is 2. The molecule has 4 heteroatoms. The van der Waals surface area contributed by atoms with Crippen LogP contribution in [0.3, 0.4) is 0 Å². The fourth-order valence-electron chi connectivity index (χ4n) is 1.93. The molecular weight excluding hydrogens is 254 g/mol. The zero-order valence-corrected chi connectivity index (χ0v) is 11.3. The molecule has 0 aliphatic heterocycles. The van der Waals surface area contributed by atoms with Crippen LogP contribution in [0.1, 0.15) is 5.56 Å². The number of fused-ring (bicyclic) bond motifs is 1. The molecule has 0 atom stereocenters. The molecule has 0 fully saturated rings. The predicted octanol–water partition coefficient (Wildman–Crippen LogP) is 4.34. The lowest BCUT2D eigenvalue weighted by Crippen LogP contribution is -1.94. The average molecular weight is 267 g/mol. The van der Waals surface area contributed by atoms with Crippen LogP contribution in [0.25, 0.3) is 10.8 Å². The maximum absolute atomic E-state index is 5.27. The predicted molar refractivity (Wildman–Crippen MR) is 81.4 cm³/mol. The van der Waals surface area contributed by atoms with Crippen molar-refractivity contribution in [2.45, 2.75) is 6.92 Å². The minimum absolute atomic E-state index is 0.853. The van der Waals surface area contributed by atoms with Gasteiger partial charge in [0.1, 0.15) is 5.82 Å². The smallest absolute Gasteiger partial charge is 0.109 e. The fourth-order valence-corrected chi connectivity index (χ4v) is 2.11. The second kappa shape index (κ2) is 4.82. The van der Waals surface area contributed by atoms with Crippen LogP contribution in [-0.4, -0.2) is 9.97 Å². The van der Waals surface area contributed by atoms with E-state index in [1.807, 2.05) is 43.6 Å². The number of nitrogens with zero attached hydrogens (tertiary/aromatic N) is 1. The van der Waals surface area contributed by atoms with E-state index in [9.17, 15) is 0 Å². The standard InChI is InChI=1S/C15H13N3S/c1-10-8-17-15(7-14(10)19)18-13-3-2-12-9-16-5-4-11(12)6-13/h2-9H,1H3,(H2,17,18,19). The number of hydrogen-bond donors (Lipinski definition) is 2. The third-order valence-corrected chi connectivity index (χ3v) is 3.47. The topological polar surface area (TPSA) is 40.7 Å². The van der Waals surface area contributed by atoms with Crippen LogP contribution in [0, 0.1) is 11.4 Å². The van der Waals surface area contributed by atoms with Crippen molar-refractivity contribution in [1.82, 2.24) is 9.97 Å². The second-order valence-electron chi connectivity index (χ2n) is 4.46. The number of rotatable bonds is 2. The van der Waals surface area contributed by atoms with E-state index in [1.54, 1.807) is 6.20 Å². The maximum atomic E-state index is 5.27. The van der Waals surface area contributed by atoms with Gasteiger partial charge in [-0.05, 0) is 42.1 Å². The number of benzene rings is 1. The van der Waals surface area contributed by atoms with E-state index in [0.29, 0.717) is 0 Å². The van der Waals surface area contributed by atoms with E-state index in [-0.39, 0.29) is 0 Å². The van der Waals surface area contributed by atoms with Crippen molar-refractivity contribution in [1.29, 1.82) is 0 Å². The van der Waals surface area contributed by atoms with Crippen LogP contribution < -0.4 is 5.32 Å². The largest absolute Gasteiger partial charge is 0.348 e. The summed E-state index contributed by atoms with van der Waals surface area (Å²) in [6.45, 7) is 1.99. The van der Waals surface area contributed by atoms with Gasteiger partial charge in [-0.2, -0.15) is 0 Å². The summed E-state index contributed by atoms with van der Waals surface area (Å²) in [5.74, 6) is 0.893. The Morgan fingerprint density at radius 1 is 1.16 bits per heavy atom. The molecule has 3 nitrogen and oxygen atoms in total. The molecule has 0 saturated heterocycles. The molecule has 0 aliphatic rings. The Morgan fingerprint density at radius 2 is 2.05 bits per heavy atom. The summed E-state index contributed by atoms with van der Waals surface area (Å²) in [6.07, 6.45) is 5.57. The van der Waals surface area contributed by atoms with Crippen molar-refractivity contribution in [3.63, 3.8) is 0 Å². The van der Waals surface area contributed by atoms with Gasteiger partial charge in [-0.3, -0.25) is 4.98 Å². The van der Waals surface area contributed by atoms with Crippen LogP contribution in [0.15, 0.2) is 48.9 Å². The fraction of sp³-hybridized carbons (Fsp3) is 0.0667. The molecular formula is C15H13N3S. The van der Waals surface area contributed by atoms with Crippen LogP contribution in [0.2, 0.25) is 0 Å². The highest BCUT2D eigenvalue weighted by atomic mass is 32.1. The molecule has 0 amide bonds. The number of pyridine rings is 2. The summed E-state index contributed by atoms with van der Waals surface area (Å²) in [4.78, 5) is 7.29. The van der Waals surface area contributed by atoms with E-state index in [2.05, 4.69) is 21.4 Å². The minimum Gasteiger partial charge on any atom is -0.348 e. The van der Waals surface area contributed by atoms with E-state index in [4.69, 9.17) is 12.2 Å². The Labute approximate surface area is 116 Å². The zero-order chi connectivity index (χ0) is 13.2. The molecule has 94 valence electrons. The molecule has 1 aromatic carbocycles. The number of anilines is 2. The van der Waals surface area contributed by atoms with Gasteiger partial charge in [-0.15, -0.1) is 0 Å². The van der Waals surface area contributed by atoms with Gasteiger partial charge in [-0.1, -0.05) is 18.3 Å². The summed E-state index contributed by atoms with van der Waals surface area (Å²) < 4.78 is 0.853. The normalized spacial score (nSPS) is 10.6. The summed E-state index contributed by atoms with van der Waals surface area (Å²) in [7, 11) is 0. The quantitative estimate of drug-likeness (QED) is 0.678. The highest BCUT2D eigenvalue weighted by Gasteiger charge is 1.98. The first-order valence-corrected chi connectivity index (χ1v) is 6.43. The molecule has 0 spiro atoms. The van der Waals surface area contributed by atoms with Crippen molar-refractivity contribution < 1.29 is 0 Å². The molecule has 3 rings (SSSR count). The third-order valence-electron chi connectivity index (χ3n) is 3.03. The lowest BCUT2D eigenvalue weighted by atomic mass is 10.1. The van der Waals surface area contributed by atoms with E-state index in [0.717, 1.165) is 32.4 Å². The Bertz CT molecular complexity index is 792. The number of aryl methyl sites for hydroxylation is 1. The first kappa shape index (κ1) is 11.9. The number of aromatic amines is 1. The van der Waals surface area contributed by atoms with Gasteiger partial charge < -0.3 is 10.3 Å². The van der Waals surface area contributed by atoms with Gasteiger partial charge in [0.25, 0.3) is 0 Å². The van der Waals surface area contributed by atoms with Crippen LogP contribution in [-0.2, 0) is 0 Å². The van der Waals surface area contributed by atoms with Gasteiger partial charge in [0.15, 0.2) is 0 Å². The Balaban J connectivity index is 1.96. The molecule has 2 aromatic heterocycles. The van der Waals surface area contributed by atoms with E-state index in [1.165, 1.54) is 0 Å². The van der Waals surface area contributed by atoms with Crippen molar-refractivity contribution in [2.75, 3.05) is 5.32 Å². The van der Waals surface area contributed by atoms with Crippen LogP contribution in [0.5, 0.6) is 0 Å². The highest BCUT2D eigenvalue weighted by Crippen LogP contribution is 2.21. The van der Waals surface area contributed by atoms with E-state index >= 15 is 0 Å². The summed E-state index contributed by atoms with van der Waals surface area (Å²) in [5, 5.41) is 5.61. The highest BCUT2D eigenvalue weighted by molar-refractivity contribution is 7.71. The summed E-state index contributed by atoms with van der Waals surface area (Å²) in [6, 6.07) is 10.1. The molecule has 0 bridgehead atoms. The average Bonchev–Trinajstić information content (AvgIpc) is 2.43. The van der Waals surface area contributed by atoms with Gasteiger partial charge in [0, 0.05) is 34.2 Å². The molecule has 19 heavy (non-hydrogen) atoms. The first-order valence-electron chi connectivity index (χ1n) is 6.02. The van der Waals surface area contributed by atoms with Gasteiger partial charge >= 0.3 is 0 Å². The molecule has 2 heterocycles. The van der Waals surface area contributed by atoms with Crippen molar-refractivity contribution in [2.24, 2.45) is 0 Å².